The van der Waals surface area contributed by atoms with Crippen molar-refractivity contribution >= 4 is 53.4 Å². The molecule has 2 unspecified atom stereocenters. The first-order valence-electron chi connectivity index (χ1n) is 11.6. The molecule has 0 aliphatic carbocycles. The number of hydrogen-bond donors (Lipinski definition) is 1. The number of carbonyl (C=O) groups is 3. The lowest BCUT2D eigenvalue weighted by Crippen LogP contribution is -2.54. The van der Waals surface area contributed by atoms with Crippen molar-refractivity contribution in [2.24, 2.45) is 0 Å². The summed E-state index contributed by atoms with van der Waals surface area (Å²) in [5, 5.41) is 4.15. The number of ketones is 1. The van der Waals surface area contributed by atoms with Crippen LogP contribution >= 0.6 is 35.8 Å². The lowest BCUT2D eigenvalue weighted by atomic mass is 9.75. The lowest BCUT2D eigenvalue weighted by molar-refractivity contribution is -0.142. The van der Waals surface area contributed by atoms with Crippen LogP contribution in [0.4, 0.5) is 0 Å². The summed E-state index contributed by atoms with van der Waals surface area (Å²) in [4.78, 5) is 45.6. The summed E-state index contributed by atoms with van der Waals surface area (Å²) < 4.78 is 7.19. The van der Waals surface area contributed by atoms with E-state index in [1.165, 1.54) is 15.6 Å². The Bertz CT molecular complexity index is 1300. The Balaban J connectivity index is 1.47. The molecule has 0 spiro atoms. The SMILES string of the molecule is O=C1CC(c2ccsc2)(c2cccc(OCCN3CCCC3=O)n2)N(S)C(=O)C1c1ccccc1Cl. The molecule has 2 aliphatic heterocycles. The number of thiol groups is 1. The summed E-state index contributed by atoms with van der Waals surface area (Å²) in [5.74, 6) is -1.28. The number of aromatic nitrogens is 1. The molecule has 0 saturated carbocycles. The molecule has 2 aromatic heterocycles. The molecule has 36 heavy (non-hydrogen) atoms. The number of benzene rings is 1. The van der Waals surface area contributed by atoms with Gasteiger partial charge >= 0.3 is 0 Å². The average Bonchev–Trinajstić information content (AvgIpc) is 3.56. The zero-order valence-electron chi connectivity index (χ0n) is 19.3. The summed E-state index contributed by atoms with van der Waals surface area (Å²) in [6.07, 6.45) is 1.42. The van der Waals surface area contributed by atoms with Gasteiger partial charge in [-0.15, -0.1) is 0 Å². The molecule has 2 saturated heterocycles. The molecule has 2 atom stereocenters. The molecule has 0 bridgehead atoms. The number of hydrogen-bond acceptors (Lipinski definition) is 7. The summed E-state index contributed by atoms with van der Waals surface area (Å²) in [6, 6.07) is 14.0. The van der Waals surface area contributed by atoms with Crippen LogP contribution in [0, 0.1) is 0 Å². The van der Waals surface area contributed by atoms with Crippen LogP contribution in [0.3, 0.4) is 0 Å². The van der Waals surface area contributed by atoms with Gasteiger partial charge < -0.3 is 9.64 Å². The first-order chi connectivity index (χ1) is 17.4. The molecule has 186 valence electrons. The van der Waals surface area contributed by atoms with Gasteiger partial charge in [0.05, 0.1) is 12.2 Å². The van der Waals surface area contributed by atoms with Crippen LogP contribution in [0.1, 0.15) is 42.0 Å². The second-order valence-corrected chi connectivity index (χ2v) is 10.4. The van der Waals surface area contributed by atoms with Gasteiger partial charge in [-0.25, -0.2) is 4.98 Å². The van der Waals surface area contributed by atoms with Crippen molar-refractivity contribution in [3.8, 4) is 5.88 Å². The monoisotopic (exact) mass is 541 g/mol. The molecule has 0 N–H and O–H groups in total. The van der Waals surface area contributed by atoms with Crippen molar-refractivity contribution in [2.75, 3.05) is 19.7 Å². The maximum atomic E-state index is 13.7. The van der Waals surface area contributed by atoms with E-state index in [2.05, 4.69) is 12.8 Å². The van der Waals surface area contributed by atoms with Crippen LogP contribution in [-0.4, -0.2) is 51.5 Å². The van der Waals surface area contributed by atoms with E-state index in [1.807, 2.05) is 16.8 Å². The fourth-order valence-corrected chi connectivity index (χ4v) is 6.26. The predicted octanol–water partition coefficient (Wildman–Crippen LogP) is 4.47. The number of piperidine rings is 1. The zero-order chi connectivity index (χ0) is 25.3. The van der Waals surface area contributed by atoms with Crippen molar-refractivity contribution in [3.63, 3.8) is 0 Å². The minimum Gasteiger partial charge on any atom is -0.476 e. The topological polar surface area (TPSA) is 79.8 Å². The van der Waals surface area contributed by atoms with Crippen molar-refractivity contribution < 1.29 is 19.1 Å². The average molecular weight is 542 g/mol. The number of likely N-dealkylation sites (tertiary alicyclic amines) is 1. The Kier molecular flexibility index (Phi) is 7.05. The van der Waals surface area contributed by atoms with Gasteiger partial charge in [-0.2, -0.15) is 11.3 Å². The molecule has 4 heterocycles. The lowest BCUT2D eigenvalue weighted by Gasteiger charge is -2.45. The van der Waals surface area contributed by atoms with E-state index in [1.54, 1.807) is 47.4 Å². The fraction of sp³-hybridized carbons (Fsp3) is 0.308. The summed E-state index contributed by atoms with van der Waals surface area (Å²) in [6.45, 7) is 1.52. The number of pyridine rings is 1. The molecule has 0 radical (unpaired) electrons. The van der Waals surface area contributed by atoms with Gasteiger partial charge in [-0.3, -0.25) is 18.7 Å². The Morgan fingerprint density at radius 2 is 1.97 bits per heavy atom. The van der Waals surface area contributed by atoms with Crippen molar-refractivity contribution in [2.45, 2.75) is 30.7 Å². The Morgan fingerprint density at radius 3 is 2.69 bits per heavy atom. The highest BCUT2D eigenvalue weighted by molar-refractivity contribution is 7.78. The molecule has 7 nitrogen and oxygen atoms in total. The molecule has 3 aromatic rings. The normalized spacial score (nSPS) is 22.4. The molecule has 1 aromatic carbocycles. The van der Waals surface area contributed by atoms with Gasteiger partial charge in [-0.1, -0.05) is 48.7 Å². The van der Waals surface area contributed by atoms with Crippen LogP contribution in [-0.2, 0) is 19.9 Å². The molecule has 5 rings (SSSR count). The maximum absolute atomic E-state index is 13.7. The number of Topliss-reactive ketones (excluding diaryl/α,β-unsaturated/α-hetero) is 1. The van der Waals surface area contributed by atoms with Gasteiger partial charge in [-0.05, 0) is 46.5 Å². The van der Waals surface area contributed by atoms with Gasteiger partial charge in [0.2, 0.25) is 17.7 Å². The quantitative estimate of drug-likeness (QED) is 0.352. The number of halogens is 1. The number of thiophene rings is 1. The first kappa shape index (κ1) is 24.8. The van der Waals surface area contributed by atoms with Crippen LogP contribution < -0.4 is 4.74 Å². The minimum atomic E-state index is -1.21. The minimum absolute atomic E-state index is 0.0202. The largest absolute Gasteiger partial charge is 0.476 e. The maximum Gasteiger partial charge on any atom is 0.248 e. The van der Waals surface area contributed by atoms with E-state index < -0.39 is 17.4 Å². The van der Waals surface area contributed by atoms with Crippen LogP contribution in [0.25, 0.3) is 0 Å². The van der Waals surface area contributed by atoms with Gasteiger partial charge in [0, 0.05) is 30.5 Å². The molecular formula is C26H24ClN3O4S2. The van der Waals surface area contributed by atoms with Crippen molar-refractivity contribution in [3.05, 3.63) is 81.1 Å². The highest BCUT2D eigenvalue weighted by Gasteiger charge is 2.53. The molecule has 2 amide bonds. The zero-order valence-corrected chi connectivity index (χ0v) is 21.8. The number of rotatable bonds is 7. The Morgan fingerprint density at radius 1 is 1.14 bits per heavy atom. The highest BCUT2D eigenvalue weighted by Crippen LogP contribution is 2.48. The van der Waals surface area contributed by atoms with Crippen molar-refractivity contribution in [1.82, 2.24) is 14.2 Å². The van der Waals surface area contributed by atoms with Gasteiger partial charge in [0.25, 0.3) is 0 Å². The summed E-state index contributed by atoms with van der Waals surface area (Å²) in [5.41, 5.74) is 0.479. The molecular weight excluding hydrogens is 518 g/mol. The van der Waals surface area contributed by atoms with Crippen LogP contribution in [0.5, 0.6) is 5.88 Å². The van der Waals surface area contributed by atoms with E-state index in [0.717, 1.165) is 18.5 Å². The fourth-order valence-electron chi connectivity index (χ4n) is 4.89. The van der Waals surface area contributed by atoms with E-state index in [9.17, 15) is 14.4 Å². The molecule has 2 aliphatic rings. The summed E-state index contributed by atoms with van der Waals surface area (Å²) >= 11 is 12.5. The van der Waals surface area contributed by atoms with E-state index >= 15 is 0 Å². The van der Waals surface area contributed by atoms with E-state index in [4.69, 9.17) is 21.3 Å². The van der Waals surface area contributed by atoms with Gasteiger partial charge in [0.15, 0.2) is 5.78 Å². The standard InChI is InChI=1S/C26H24ClN3O4S2/c27-19-6-2-1-5-18(19)24-20(31)15-26(30(35)25(24)33,17-10-14-36-16-17)21-7-3-8-22(28-21)34-13-12-29-11-4-9-23(29)32/h1-3,5-8,10,14,16,24,35H,4,9,11-13,15H2. The Labute approximate surface area is 223 Å². The van der Waals surface area contributed by atoms with Crippen LogP contribution in [0.2, 0.25) is 5.02 Å². The first-order valence-corrected chi connectivity index (χ1v) is 13.3. The van der Waals surface area contributed by atoms with E-state index in [0.29, 0.717) is 41.7 Å². The smallest absolute Gasteiger partial charge is 0.248 e. The second kappa shape index (κ2) is 10.2. The number of amides is 2. The number of ether oxygens (including phenoxy) is 1. The Hall–Kier alpha value is -2.88. The molecule has 2 fully saturated rings. The van der Waals surface area contributed by atoms with Crippen molar-refractivity contribution in [1.29, 1.82) is 0 Å². The highest BCUT2D eigenvalue weighted by atomic mass is 35.5. The number of carbonyl (C=O) groups excluding carboxylic acids is 3. The predicted molar refractivity (Wildman–Crippen MR) is 140 cm³/mol. The molecule has 10 heteroatoms. The third kappa shape index (κ3) is 4.40. The number of nitrogens with zero attached hydrogens (tertiary/aromatic N) is 3. The third-order valence-corrected chi connectivity index (χ3v) is 8.28. The second-order valence-electron chi connectivity index (χ2n) is 8.81. The van der Waals surface area contributed by atoms with Gasteiger partial charge in [0.1, 0.15) is 18.1 Å². The summed E-state index contributed by atoms with van der Waals surface area (Å²) in [7, 11) is 0. The van der Waals surface area contributed by atoms with Crippen LogP contribution in [0.15, 0.2) is 59.3 Å². The van der Waals surface area contributed by atoms with E-state index in [-0.39, 0.29) is 18.1 Å². The third-order valence-electron chi connectivity index (χ3n) is 6.71.